The van der Waals surface area contributed by atoms with Crippen molar-refractivity contribution < 1.29 is 0 Å². The van der Waals surface area contributed by atoms with Crippen molar-refractivity contribution in [2.45, 2.75) is 9.65 Å². The zero-order chi connectivity index (χ0) is 15.1. The fourth-order valence-corrected chi connectivity index (χ4v) is 4.25. The van der Waals surface area contributed by atoms with Crippen LogP contribution < -0.4 is 0 Å². The van der Waals surface area contributed by atoms with Crippen molar-refractivity contribution in [1.29, 1.82) is 0 Å². The van der Waals surface area contributed by atoms with Crippen LogP contribution in [0.5, 0.6) is 0 Å². The highest BCUT2D eigenvalue weighted by molar-refractivity contribution is 9.12. The van der Waals surface area contributed by atoms with E-state index >= 15 is 0 Å². The third-order valence-electron chi connectivity index (χ3n) is 4.24. The molecule has 0 amide bonds. The molecular formula is C20H14Br2. The summed E-state index contributed by atoms with van der Waals surface area (Å²) in [5, 5.41) is 0. The molecule has 3 aromatic carbocycles. The van der Waals surface area contributed by atoms with Gasteiger partial charge in [-0.1, -0.05) is 98.6 Å². The van der Waals surface area contributed by atoms with Crippen molar-refractivity contribution >= 4 is 31.9 Å². The molecule has 2 aliphatic carbocycles. The maximum absolute atomic E-state index is 3.86. The molecule has 0 nitrogen and oxygen atoms in total. The zero-order valence-electron chi connectivity index (χ0n) is 11.8. The number of fused-ring (bicyclic) bond motifs is 3. The second-order valence-electron chi connectivity index (χ2n) is 5.60. The lowest BCUT2D eigenvalue weighted by atomic mass is 9.94. The Bertz CT molecular complexity index is 821. The van der Waals surface area contributed by atoms with E-state index in [2.05, 4.69) is 105 Å². The molecule has 0 unspecified atom stereocenters. The van der Waals surface area contributed by atoms with Gasteiger partial charge in [0, 0.05) is 0 Å². The predicted octanol–water partition coefficient (Wildman–Crippen LogP) is 6.91. The summed E-state index contributed by atoms with van der Waals surface area (Å²) in [6, 6.07) is 26.3. The Morgan fingerprint density at radius 3 is 1.91 bits per heavy atom. The molecule has 0 aromatic heterocycles. The molecule has 2 heteroatoms. The fraction of sp³-hybridized carbons (Fsp3) is 0.100. The van der Waals surface area contributed by atoms with Crippen LogP contribution in [0.3, 0.4) is 0 Å². The maximum atomic E-state index is 3.86. The summed E-state index contributed by atoms with van der Waals surface area (Å²) in [7, 11) is 0. The Morgan fingerprint density at radius 1 is 0.545 bits per heavy atom. The first kappa shape index (κ1) is 14.2. The molecule has 3 aromatic rings. The molecule has 2 aliphatic rings. The van der Waals surface area contributed by atoms with Crippen molar-refractivity contribution in [3.63, 3.8) is 0 Å². The highest BCUT2D eigenvalue weighted by Crippen LogP contribution is 2.45. The lowest BCUT2D eigenvalue weighted by Gasteiger charge is -2.18. The summed E-state index contributed by atoms with van der Waals surface area (Å²) >= 11 is 7.71. The Morgan fingerprint density at radius 2 is 1.18 bits per heavy atom. The van der Waals surface area contributed by atoms with Gasteiger partial charge in [-0.05, 0) is 39.4 Å². The largest absolute Gasteiger partial charge is 0.0823 e. The van der Waals surface area contributed by atoms with E-state index in [1.165, 1.54) is 33.4 Å². The van der Waals surface area contributed by atoms with Gasteiger partial charge in [0.2, 0.25) is 0 Å². The lowest BCUT2D eigenvalue weighted by molar-refractivity contribution is 0.939. The van der Waals surface area contributed by atoms with Gasteiger partial charge in [-0.15, -0.1) is 0 Å². The standard InChI is InChI=1S/C20H14Br2/c21-19-14-10-8-13(9-11-14)17-6-1-2-7-18(17)15-4-3-5-16(12-15)20(19)22/h1-12,19-20H/t19-,20+/m0/s1. The van der Waals surface area contributed by atoms with Gasteiger partial charge < -0.3 is 0 Å². The van der Waals surface area contributed by atoms with Crippen LogP contribution in [0.4, 0.5) is 0 Å². The molecule has 22 heavy (non-hydrogen) atoms. The van der Waals surface area contributed by atoms with Gasteiger partial charge in [-0.25, -0.2) is 0 Å². The smallest absolute Gasteiger partial charge is 0.0561 e. The average Bonchev–Trinajstić information content (AvgIpc) is 2.61. The molecule has 2 atom stereocenters. The Balaban J connectivity index is 2.06. The summed E-state index contributed by atoms with van der Waals surface area (Å²) in [6.45, 7) is 0. The van der Waals surface area contributed by atoms with Crippen molar-refractivity contribution in [3.05, 3.63) is 83.9 Å². The van der Waals surface area contributed by atoms with E-state index in [0.29, 0.717) is 0 Å². The third-order valence-corrected chi connectivity index (χ3v) is 7.06. The van der Waals surface area contributed by atoms with Crippen LogP contribution in [0, 0.1) is 0 Å². The Hall–Kier alpha value is -1.38. The van der Waals surface area contributed by atoms with Crippen molar-refractivity contribution in [3.8, 4) is 22.3 Å². The average molecular weight is 414 g/mol. The summed E-state index contributed by atoms with van der Waals surface area (Å²) in [5.74, 6) is 0. The summed E-state index contributed by atoms with van der Waals surface area (Å²) in [5.41, 5.74) is 7.67. The fourth-order valence-electron chi connectivity index (χ4n) is 3.05. The Kier molecular flexibility index (Phi) is 3.67. The molecule has 0 radical (unpaired) electrons. The summed E-state index contributed by atoms with van der Waals surface area (Å²) < 4.78 is 0. The summed E-state index contributed by atoms with van der Waals surface area (Å²) in [4.78, 5) is 0.488. The number of alkyl halides is 2. The SMILES string of the molecule is Br[C@@H]1c2cccc(c2)-c2ccccc2-c2ccc(cc2)[C@@H]1Br. The van der Waals surface area contributed by atoms with E-state index in [1.54, 1.807) is 0 Å². The molecule has 0 saturated heterocycles. The van der Waals surface area contributed by atoms with Gasteiger partial charge >= 0.3 is 0 Å². The minimum absolute atomic E-state index is 0.239. The second-order valence-corrected chi connectivity index (χ2v) is 7.57. The number of benzene rings is 3. The minimum atomic E-state index is 0.239. The molecule has 0 fully saturated rings. The monoisotopic (exact) mass is 412 g/mol. The van der Waals surface area contributed by atoms with Crippen LogP contribution in [-0.4, -0.2) is 0 Å². The first-order chi connectivity index (χ1) is 10.7. The topological polar surface area (TPSA) is 0 Å². The first-order valence-electron chi connectivity index (χ1n) is 7.32. The molecule has 0 heterocycles. The number of hydrogen-bond acceptors (Lipinski definition) is 0. The minimum Gasteiger partial charge on any atom is -0.0823 e. The van der Waals surface area contributed by atoms with Crippen LogP contribution in [-0.2, 0) is 0 Å². The van der Waals surface area contributed by atoms with Gasteiger partial charge in [0.05, 0.1) is 9.65 Å². The van der Waals surface area contributed by atoms with E-state index in [1.807, 2.05) is 0 Å². The van der Waals surface area contributed by atoms with Crippen LogP contribution in [0.2, 0.25) is 0 Å². The van der Waals surface area contributed by atoms with Gasteiger partial charge in [0.15, 0.2) is 0 Å². The van der Waals surface area contributed by atoms with Crippen LogP contribution >= 0.6 is 31.9 Å². The number of rotatable bonds is 0. The summed E-state index contributed by atoms with van der Waals surface area (Å²) in [6.07, 6.45) is 0. The molecule has 0 N–H and O–H groups in total. The van der Waals surface area contributed by atoms with Gasteiger partial charge in [-0.2, -0.15) is 0 Å². The molecule has 0 spiro atoms. The number of halogens is 2. The van der Waals surface area contributed by atoms with E-state index in [9.17, 15) is 0 Å². The highest BCUT2D eigenvalue weighted by atomic mass is 79.9. The number of hydrogen-bond donors (Lipinski definition) is 0. The van der Waals surface area contributed by atoms with E-state index in [-0.39, 0.29) is 9.65 Å². The zero-order valence-corrected chi connectivity index (χ0v) is 15.0. The van der Waals surface area contributed by atoms with E-state index < -0.39 is 0 Å². The van der Waals surface area contributed by atoms with Crippen LogP contribution in [0.1, 0.15) is 20.8 Å². The highest BCUT2D eigenvalue weighted by Gasteiger charge is 2.21. The Labute approximate surface area is 147 Å². The van der Waals surface area contributed by atoms with Gasteiger partial charge in [0.1, 0.15) is 0 Å². The molecule has 4 bridgehead atoms. The maximum Gasteiger partial charge on any atom is 0.0561 e. The van der Waals surface area contributed by atoms with E-state index in [0.717, 1.165) is 0 Å². The van der Waals surface area contributed by atoms with Gasteiger partial charge in [-0.3, -0.25) is 0 Å². The molecule has 5 rings (SSSR count). The molecule has 108 valence electrons. The quantitative estimate of drug-likeness (QED) is 0.351. The molecule has 0 saturated carbocycles. The van der Waals surface area contributed by atoms with Crippen molar-refractivity contribution in [2.75, 3.05) is 0 Å². The van der Waals surface area contributed by atoms with Gasteiger partial charge in [0.25, 0.3) is 0 Å². The predicted molar refractivity (Wildman–Crippen MR) is 101 cm³/mol. The van der Waals surface area contributed by atoms with Crippen molar-refractivity contribution in [2.24, 2.45) is 0 Å². The van der Waals surface area contributed by atoms with Crippen LogP contribution in [0.15, 0.2) is 72.8 Å². The van der Waals surface area contributed by atoms with E-state index in [4.69, 9.17) is 0 Å². The normalized spacial score (nSPS) is 19.4. The molecule has 0 aliphatic heterocycles. The second kappa shape index (κ2) is 5.68. The molecular weight excluding hydrogens is 400 g/mol. The van der Waals surface area contributed by atoms with Crippen LogP contribution in [0.25, 0.3) is 22.3 Å². The first-order valence-corrected chi connectivity index (χ1v) is 9.15. The third kappa shape index (κ3) is 2.35. The lowest BCUT2D eigenvalue weighted by Crippen LogP contribution is -1.99. The van der Waals surface area contributed by atoms with Crippen molar-refractivity contribution in [1.82, 2.24) is 0 Å².